The number of alkyl halides is 2. The van der Waals surface area contributed by atoms with Gasteiger partial charge in [-0.25, -0.2) is 8.78 Å². The molecule has 1 N–H and O–H groups in total. The van der Waals surface area contributed by atoms with E-state index in [9.17, 15) is 13.6 Å². The second-order valence-electron chi connectivity index (χ2n) is 4.26. The standard InChI is InChI=1S/C13H16F2O3/c1-8-6-9(2)12(10(7-8)18-3)13(14,15)5-4-11(16)17/h6-7H,4-5H2,1-3H3,(H,16,17). The van der Waals surface area contributed by atoms with E-state index in [0.717, 1.165) is 5.56 Å². The minimum Gasteiger partial charge on any atom is -0.496 e. The highest BCUT2D eigenvalue weighted by molar-refractivity contribution is 5.66. The zero-order valence-electron chi connectivity index (χ0n) is 10.6. The Morgan fingerprint density at radius 3 is 2.50 bits per heavy atom. The molecule has 0 heterocycles. The molecule has 1 aromatic rings. The summed E-state index contributed by atoms with van der Waals surface area (Å²) in [6.07, 6.45) is -1.31. The Kier molecular flexibility index (Phi) is 4.27. The molecule has 5 heteroatoms. The number of ether oxygens (including phenoxy) is 1. The van der Waals surface area contributed by atoms with E-state index in [2.05, 4.69) is 0 Å². The van der Waals surface area contributed by atoms with Crippen molar-refractivity contribution in [3.05, 3.63) is 28.8 Å². The van der Waals surface area contributed by atoms with Crippen molar-refractivity contribution in [2.75, 3.05) is 7.11 Å². The molecule has 100 valence electrons. The number of carboxylic acids is 1. The molecule has 0 unspecified atom stereocenters. The summed E-state index contributed by atoms with van der Waals surface area (Å²) < 4.78 is 33.0. The SMILES string of the molecule is COc1cc(C)cc(C)c1C(F)(F)CCC(=O)O. The monoisotopic (exact) mass is 258 g/mol. The number of methoxy groups -OCH3 is 1. The number of aryl methyl sites for hydroxylation is 2. The van der Waals surface area contributed by atoms with Crippen molar-refractivity contribution in [1.29, 1.82) is 0 Å². The molecule has 0 radical (unpaired) electrons. The molecule has 0 aliphatic carbocycles. The van der Waals surface area contributed by atoms with Crippen LogP contribution in [0.3, 0.4) is 0 Å². The van der Waals surface area contributed by atoms with Crippen LogP contribution >= 0.6 is 0 Å². The predicted octanol–water partition coefficient (Wildman–Crippen LogP) is 3.27. The molecule has 18 heavy (non-hydrogen) atoms. The summed E-state index contributed by atoms with van der Waals surface area (Å²) in [5.41, 5.74) is 1.00. The third-order valence-electron chi connectivity index (χ3n) is 2.68. The number of hydrogen-bond donors (Lipinski definition) is 1. The van der Waals surface area contributed by atoms with Crippen molar-refractivity contribution in [1.82, 2.24) is 0 Å². The third-order valence-corrected chi connectivity index (χ3v) is 2.68. The van der Waals surface area contributed by atoms with Crippen LogP contribution < -0.4 is 4.74 Å². The van der Waals surface area contributed by atoms with E-state index in [-0.39, 0.29) is 11.3 Å². The highest BCUT2D eigenvalue weighted by atomic mass is 19.3. The largest absolute Gasteiger partial charge is 0.496 e. The van der Waals surface area contributed by atoms with Gasteiger partial charge in [-0.15, -0.1) is 0 Å². The molecule has 0 saturated heterocycles. The maximum absolute atomic E-state index is 14.0. The Morgan fingerprint density at radius 1 is 1.39 bits per heavy atom. The number of benzene rings is 1. The first-order valence-electron chi connectivity index (χ1n) is 5.53. The summed E-state index contributed by atoms with van der Waals surface area (Å²) in [7, 11) is 1.32. The van der Waals surface area contributed by atoms with Gasteiger partial charge in [0.05, 0.1) is 19.1 Å². The third kappa shape index (κ3) is 3.18. The molecule has 0 saturated carbocycles. The van der Waals surface area contributed by atoms with Crippen LogP contribution in [0, 0.1) is 13.8 Å². The van der Waals surface area contributed by atoms with Gasteiger partial charge < -0.3 is 9.84 Å². The average molecular weight is 258 g/mol. The number of carboxylic acid groups (broad SMARTS) is 1. The van der Waals surface area contributed by atoms with Crippen LogP contribution in [0.5, 0.6) is 5.75 Å². The quantitative estimate of drug-likeness (QED) is 0.881. The van der Waals surface area contributed by atoms with E-state index in [0.29, 0.717) is 5.56 Å². The highest BCUT2D eigenvalue weighted by Gasteiger charge is 2.36. The number of carbonyl (C=O) groups is 1. The second-order valence-corrected chi connectivity index (χ2v) is 4.26. The molecular formula is C13H16F2O3. The number of aliphatic carboxylic acids is 1. The first kappa shape index (κ1) is 14.4. The van der Waals surface area contributed by atoms with Crippen LogP contribution in [0.25, 0.3) is 0 Å². The Labute approximate surface area is 104 Å². The molecular weight excluding hydrogens is 242 g/mol. The van der Waals surface area contributed by atoms with E-state index in [1.165, 1.54) is 13.2 Å². The Morgan fingerprint density at radius 2 is 2.00 bits per heavy atom. The maximum atomic E-state index is 14.0. The van der Waals surface area contributed by atoms with Gasteiger partial charge in [-0.1, -0.05) is 6.07 Å². The maximum Gasteiger partial charge on any atom is 0.303 e. The van der Waals surface area contributed by atoms with Crippen molar-refractivity contribution in [3.63, 3.8) is 0 Å². The first-order chi connectivity index (χ1) is 8.27. The fraction of sp³-hybridized carbons (Fsp3) is 0.462. The van der Waals surface area contributed by atoms with Gasteiger partial charge in [0.15, 0.2) is 0 Å². The number of rotatable bonds is 5. The van der Waals surface area contributed by atoms with Gasteiger partial charge in [-0.3, -0.25) is 4.79 Å². The van der Waals surface area contributed by atoms with Gasteiger partial charge in [0, 0.05) is 6.42 Å². The van der Waals surface area contributed by atoms with Gasteiger partial charge in [0.2, 0.25) is 0 Å². The van der Waals surface area contributed by atoms with Gasteiger partial charge in [-0.2, -0.15) is 0 Å². The Bertz CT molecular complexity index is 456. The van der Waals surface area contributed by atoms with Crippen LogP contribution in [0.4, 0.5) is 8.78 Å². The molecule has 3 nitrogen and oxygen atoms in total. The summed E-state index contributed by atoms with van der Waals surface area (Å²) in [4.78, 5) is 10.4. The van der Waals surface area contributed by atoms with E-state index >= 15 is 0 Å². The summed E-state index contributed by atoms with van der Waals surface area (Å²) in [6, 6.07) is 3.16. The Balaban J connectivity index is 3.17. The topological polar surface area (TPSA) is 46.5 Å². The lowest BCUT2D eigenvalue weighted by Crippen LogP contribution is -2.18. The predicted molar refractivity (Wildman–Crippen MR) is 63.2 cm³/mol. The second kappa shape index (κ2) is 5.33. The highest BCUT2D eigenvalue weighted by Crippen LogP contribution is 2.41. The van der Waals surface area contributed by atoms with Crippen molar-refractivity contribution >= 4 is 5.97 Å². The van der Waals surface area contributed by atoms with E-state index in [1.807, 2.05) is 0 Å². The fourth-order valence-corrected chi connectivity index (χ4v) is 1.95. The molecule has 0 amide bonds. The Hall–Kier alpha value is -1.65. The van der Waals surface area contributed by atoms with Gasteiger partial charge in [0.25, 0.3) is 5.92 Å². The van der Waals surface area contributed by atoms with Gasteiger partial charge >= 0.3 is 5.97 Å². The lowest BCUT2D eigenvalue weighted by molar-refractivity contribution is -0.139. The van der Waals surface area contributed by atoms with Crippen LogP contribution in [0.15, 0.2) is 12.1 Å². The van der Waals surface area contributed by atoms with Crippen molar-refractivity contribution in [2.24, 2.45) is 0 Å². The molecule has 0 fully saturated rings. The van der Waals surface area contributed by atoms with Crippen LogP contribution in [-0.4, -0.2) is 18.2 Å². The number of halogens is 2. The van der Waals surface area contributed by atoms with E-state index < -0.39 is 24.7 Å². The fourth-order valence-electron chi connectivity index (χ4n) is 1.95. The molecule has 0 bridgehead atoms. The zero-order valence-corrected chi connectivity index (χ0v) is 10.6. The molecule has 0 aliphatic rings. The zero-order chi connectivity index (χ0) is 13.9. The molecule has 0 atom stereocenters. The summed E-state index contributed by atoms with van der Waals surface area (Å²) in [6.45, 7) is 3.36. The molecule has 1 aromatic carbocycles. The van der Waals surface area contributed by atoms with Crippen molar-refractivity contribution in [2.45, 2.75) is 32.6 Å². The summed E-state index contributed by atoms with van der Waals surface area (Å²) >= 11 is 0. The van der Waals surface area contributed by atoms with Crippen molar-refractivity contribution in [3.8, 4) is 5.75 Å². The normalized spacial score (nSPS) is 11.4. The molecule has 1 rings (SSSR count). The van der Waals surface area contributed by atoms with Crippen LogP contribution in [-0.2, 0) is 10.7 Å². The number of hydrogen-bond acceptors (Lipinski definition) is 2. The van der Waals surface area contributed by atoms with Gasteiger partial charge in [-0.05, 0) is 31.0 Å². The van der Waals surface area contributed by atoms with E-state index in [4.69, 9.17) is 9.84 Å². The minimum absolute atomic E-state index is 0.0999. The van der Waals surface area contributed by atoms with E-state index in [1.54, 1.807) is 19.9 Å². The minimum atomic E-state index is -3.21. The smallest absolute Gasteiger partial charge is 0.303 e. The lowest BCUT2D eigenvalue weighted by atomic mass is 9.96. The lowest BCUT2D eigenvalue weighted by Gasteiger charge is -2.21. The summed E-state index contributed by atoms with van der Waals surface area (Å²) in [5, 5.41) is 8.50. The van der Waals surface area contributed by atoms with Gasteiger partial charge in [0.1, 0.15) is 5.75 Å². The van der Waals surface area contributed by atoms with Crippen LogP contribution in [0.1, 0.15) is 29.5 Å². The molecule has 0 aromatic heterocycles. The molecule has 0 spiro atoms. The first-order valence-corrected chi connectivity index (χ1v) is 5.53. The average Bonchev–Trinajstić information content (AvgIpc) is 2.24. The molecule has 0 aliphatic heterocycles. The van der Waals surface area contributed by atoms with Crippen LogP contribution in [0.2, 0.25) is 0 Å². The summed E-state index contributed by atoms with van der Waals surface area (Å²) in [5.74, 6) is -4.34. The van der Waals surface area contributed by atoms with Crippen molar-refractivity contribution < 1.29 is 23.4 Å².